The van der Waals surface area contributed by atoms with Gasteiger partial charge in [0.25, 0.3) is 0 Å². The van der Waals surface area contributed by atoms with E-state index in [0.717, 1.165) is 41.7 Å². The van der Waals surface area contributed by atoms with Gasteiger partial charge in [0.15, 0.2) is 0 Å². The first-order chi connectivity index (χ1) is 13.6. The van der Waals surface area contributed by atoms with Gasteiger partial charge in [0.1, 0.15) is 11.9 Å². The van der Waals surface area contributed by atoms with Crippen LogP contribution < -0.4 is 5.32 Å². The smallest absolute Gasteiger partial charge is 0.247 e. The first-order valence-electron chi connectivity index (χ1n) is 9.84. The highest BCUT2D eigenvalue weighted by Gasteiger charge is 2.33. The number of aryl methyl sites for hydroxylation is 1. The van der Waals surface area contributed by atoms with Crippen LogP contribution in [0.1, 0.15) is 54.1 Å². The summed E-state index contributed by atoms with van der Waals surface area (Å²) in [7, 11) is 0. The van der Waals surface area contributed by atoms with E-state index in [1.54, 1.807) is 16.2 Å². The van der Waals surface area contributed by atoms with Crippen molar-refractivity contribution in [3.63, 3.8) is 0 Å². The van der Waals surface area contributed by atoms with Crippen LogP contribution in [0.4, 0.5) is 0 Å². The molecule has 1 aliphatic rings. The summed E-state index contributed by atoms with van der Waals surface area (Å²) in [5.41, 5.74) is 1.84. The topological polar surface area (TPSA) is 49.4 Å². The van der Waals surface area contributed by atoms with Gasteiger partial charge < -0.3 is 10.2 Å². The van der Waals surface area contributed by atoms with Crippen molar-refractivity contribution in [2.24, 2.45) is 0 Å². The molecule has 6 heteroatoms. The molecule has 1 aromatic heterocycles. The van der Waals surface area contributed by atoms with Crippen molar-refractivity contribution in [1.29, 1.82) is 0 Å². The molecule has 1 aromatic carbocycles. The Morgan fingerprint density at radius 2 is 1.93 bits per heavy atom. The van der Waals surface area contributed by atoms with Crippen LogP contribution in [0.2, 0.25) is 0 Å². The number of halogens is 1. The third-order valence-corrected chi connectivity index (χ3v) is 6.43. The standard InChI is InChI=1S/C22H27ClN2O2S/c1-16-8-5-6-12-19(16)21(22(27)24-17-9-3-2-4-10-17)25(20(26)14-23)15-18-11-7-13-28-18/h5-8,11-13,17,21H,2-4,9-10,14-15H2,1H3,(H,24,27)/t21-/m1/s1. The van der Waals surface area contributed by atoms with E-state index >= 15 is 0 Å². The van der Waals surface area contributed by atoms with Crippen molar-refractivity contribution < 1.29 is 9.59 Å². The van der Waals surface area contributed by atoms with Gasteiger partial charge in [-0.3, -0.25) is 9.59 Å². The van der Waals surface area contributed by atoms with Crippen LogP contribution in [0.3, 0.4) is 0 Å². The van der Waals surface area contributed by atoms with Gasteiger partial charge in [0, 0.05) is 10.9 Å². The first kappa shape index (κ1) is 20.9. The van der Waals surface area contributed by atoms with Gasteiger partial charge in [0.05, 0.1) is 6.54 Å². The van der Waals surface area contributed by atoms with Gasteiger partial charge >= 0.3 is 0 Å². The molecule has 0 radical (unpaired) electrons. The van der Waals surface area contributed by atoms with E-state index in [0.29, 0.717) is 6.54 Å². The maximum absolute atomic E-state index is 13.4. The Morgan fingerprint density at radius 1 is 1.18 bits per heavy atom. The minimum absolute atomic E-state index is 0.115. The summed E-state index contributed by atoms with van der Waals surface area (Å²) < 4.78 is 0. The van der Waals surface area contributed by atoms with Crippen LogP contribution in [0.5, 0.6) is 0 Å². The van der Waals surface area contributed by atoms with Crippen LogP contribution in [0, 0.1) is 6.92 Å². The molecule has 1 N–H and O–H groups in total. The van der Waals surface area contributed by atoms with Gasteiger partial charge in [-0.2, -0.15) is 0 Å². The summed E-state index contributed by atoms with van der Waals surface area (Å²) in [6, 6.07) is 11.2. The van der Waals surface area contributed by atoms with E-state index in [-0.39, 0.29) is 23.7 Å². The third kappa shape index (κ3) is 5.15. The number of amides is 2. The molecule has 2 aromatic rings. The quantitative estimate of drug-likeness (QED) is 0.655. The highest BCUT2D eigenvalue weighted by Crippen LogP contribution is 2.28. The molecule has 1 atom stereocenters. The normalized spacial score (nSPS) is 15.8. The summed E-state index contributed by atoms with van der Waals surface area (Å²) in [4.78, 5) is 28.8. The van der Waals surface area contributed by atoms with Crippen LogP contribution in [-0.4, -0.2) is 28.6 Å². The van der Waals surface area contributed by atoms with Crippen molar-refractivity contribution in [3.8, 4) is 0 Å². The average Bonchev–Trinajstić information content (AvgIpc) is 3.22. The Balaban J connectivity index is 1.93. The van der Waals surface area contributed by atoms with Gasteiger partial charge in [-0.25, -0.2) is 0 Å². The number of hydrogen-bond donors (Lipinski definition) is 1. The maximum atomic E-state index is 13.4. The van der Waals surface area contributed by atoms with Crippen LogP contribution in [0.15, 0.2) is 41.8 Å². The Hall–Kier alpha value is -1.85. The average molecular weight is 419 g/mol. The Bertz CT molecular complexity index is 788. The molecule has 4 nitrogen and oxygen atoms in total. The monoisotopic (exact) mass is 418 g/mol. The lowest BCUT2D eigenvalue weighted by Crippen LogP contribution is -2.47. The maximum Gasteiger partial charge on any atom is 0.247 e. The first-order valence-corrected chi connectivity index (χ1v) is 11.2. The van der Waals surface area contributed by atoms with E-state index in [4.69, 9.17) is 11.6 Å². The van der Waals surface area contributed by atoms with E-state index < -0.39 is 6.04 Å². The summed E-state index contributed by atoms with van der Waals surface area (Å²) in [6.45, 7) is 2.35. The van der Waals surface area contributed by atoms with Crippen molar-refractivity contribution in [2.75, 3.05) is 5.88 Å². The van der Waals surface area contributed by atoms with Crippen molar-refractivity contribution in [1.82, 2.24) is 10.2 Å². The fraction of sp³-hybridized carbons (Fsp3) is 0.455. The molecule has 2 amide bonds. The van der Waals surface area contributed by atoms with E-state index in [9.17, 15) is 9.59 Å². The van der Waals surface area contributed by atoms with E-state index in [2.05, 4.69) is 5.32 Å². The lowest BCUT2D eigenvalue weighted by atomic mass is 9.94. The van der Waals surface area contributed by atoms with Crippen LogP contribution in [0.25, 0.3) is 0 Å². The zero-order chi connectivity index (χ0) is 19.9. The molecule has 0 bridgehead atoms. The molecule has 1 aliphatic carbocycles. The number of carbonyl (C=O) groups is 2. The van der Waals surface area contributed by atoms with Crippen molar-refractivity contribution >= 4 is 34.8 Å². The Kier molecular flexibility index (Phi) is 7.51. The molecule has 150 valence electrons. The summed E-state index contributed by atoms with van der Waals surface area (Å²) in [6.07, 6.45) is 5.50. The van der Waals surface area contributed by atoms with Crippen molar-refractivity contribution in [3.05, 3.63) is 57.8 Å². The summed E-state index contributed by atoms with van der Waals surface area (Å²) >= 11 is 7.51. The summed E-state index contributed by atoms with van der Waals surface area (Å²) in [5.74, 6) is -0.497. The molecular weight excluding hydrogens is 392 g/mol. The molecule has 28 heavy (non-hydrogen) atoms. The molecule has 0 saturated heterocycles. The largest absolute Gasteiger partial charge is 0.351 e. The second-order valence-electron chi connectivity index (χ2n) is 7.34. The molecule has 0 unspecified atom stereocenters. The second kappa shape index (κ2) is 10.1. The lowest BCUT2D eigenvalue weighted by molar-refractivity contribution is -0.140. The molecular formula is C22H27ClN2O2S. The number of nitrogens with zero attached hydrogens (tertiary/aromatic N) is 1. The third-order valence-electron chi connectivity index (χ3n) is 5.34. The highest BCUT2D eigenvalue weighted by atomic mass is 35.5. The number of alkyl halides is 1. The van der Waals surface area contributed by atoms with Gasteiger partial charge in [0.2, 0.25) is 11.8 Å². The Morgan fingerprint density at radius 3 is 2.57 bits per heavy atom. The van der Waals surface area contributed by atoms with Gasteiger partial charge in [-0.1, -0.05) is 49.6 Å². The van der Waals surface area contributed by atoms with Gasteiger partial charge in [-0.15, -0.1) is 22.9 Å². The fourth-order valence-electron chi connectivity index (χ4n) is 3.84. The molecule has 3 rings (SSSR count). The van der Waals surface area contributed by atoms with Gasteiger partial charge in [-0.05, 0) is 42.3 Å². The van der Waals surface area contributed by atoms with Crippen LogP contribution >= 0.6 is 22.9 Å². The molecule has 1 saturated carbocycles. The van der Waals surface area contributed by atoms with Crippen LogP contribution in [-0.2, 0) is 16.1 Å². The highest BCUT2D eigenvalue weighted by molar-refractivity contribution is 7.09. The molecule has 0 spiro atoms. The second-order valence-corrected chi connectivity index (χ2v) is 8.64. The minimum Gasteiger partial charge on any atom is -0.351 e. The molecule has 0 aliphatic heterocycles. The SMILES string of the molecule is Cc1ccccc1[C@H](C(=O)NC1CCCCC1)N(Cc1cccs1)C(=O)CCl. The lowest BCUT2D eigenvalue weighted by Gasteiger charge is -2.33. The predicted octanol–water partition coefficient (Wildman–Crippen LogP) is 4.81. The number of carbonyl (C=O) groups excluding carboxylic acids is 2. The fourth-order valence-corrected chi connectivity index (χ4v) is 4.70. The van der Waals surface area contributed by atoms with E-state index in [1.807, 2.05) is 48.7 Å². The van der Waals surface area contributed by atoms with Crippen molar-refractivity contribution in [2.45, 2.75) is 57.7 Å². The number of rotatable bonds is 7. The van der Waals surface area contributed by atoms with E-state index in [1.165, 1.54) is 6.42 Å². The zero-order valence-electron chi connectivity index (χ0n) is 16.2. The Labute approximate surface area is 175 Å². The zero-order valence-corrected chi connectivity index (χ0v) is 17.8. The number of benzene rings is 1. The molecule has 1 heterocycles. The number of thiophene rings is 1. The number of nitrogens with one attached hydrogen (secondary N) is 1. The molecule has 1 fully saturated rings. The summed E-state index contributed by atoms with van der Waals surface area (Å²) in [5, 5.41) is 5.19. The predicted molar refractivity (Wildman–Crippen MR) is 115 cm³/mol. The minimum atomic E-state index is -0.684. The number of hydrogen-bond acceptors (Lipinski definition) is 3.